The van der Waals surface area contributed by atoms with Gasteiger partial charge in [-0.3, -0.25) is 24.4 Å². The number of benzene rings is 1. The lowest BCUT2D eigenvalue weighted by Crippen LogP contribution is -2.39. The van der Waals surface area contributed by atoms with Crippen LogP contribution in [0.1, 0.15) is 343 Å². The summed E-state index contributed by atoms with van der Waals surface area (Å²) in [6.07, 6.45) is 7.01. The van der Waals surface area contributed by atoms with E-state index in [1.807, 2.05) is 128 Å². The van der Waals surface area contributed by atoms with E-state index in [1.54, 1.807) is 55.1 Å². The van der Waals surface area contributed by atoms with Crippen molar-refractivity contribution in [1.82, 2.24) is 38.9 Å². The second kappa shape index (κ2) is 35.6. The molecular weight excluding hydrogens is 1160 g/mol. The minimum Gasteiger partial charge on any atom is -0.310 e. The van der Waals surface area contributed by atoms with Crippen molar-refractivity contribution in [1.29, 1.82) is 0 Å². The predicted molar refractivity (Wildman–Crippen MR) is 396 cm³/mol. The maximum Gasteiger partial charge on any atom is 0.273 e. The van der Waals surface area contributed by atoms with E-state index in [0.29, 0.717) is 53.0 Å². The highest BCUT2D eigenvalue weighted by atomic mass is 32.1. The Morgan fingerprint density at radius 2 is 0.747 bits per heavy atom. The van der Waals surface area contributed by atoms with Crippen molar-refractivity contribution in [3.05, 3.63) is 188 Å². The van der Waals surface area contributed by atoms with Crippen LogP contribution >= 0.6 is 22.7 Å². The van der Waals surface area contributed by atoms with Gasteiger partial charge in [0.2, 0.25) is 0 Å². The summed E-state index contributed by atoms with van der Waals surface area (Å²) in [6, 6.07) is 20.8. The Morgan fingerprint density at radius 3 is 1.07 bits per heavy atom. The Morgan fingerprint density at radius 1 is 0.363 bits per heavy atom. The number of hydrogen-bond donors (Lipinski definition) is 0. The molecule has 0 bridgehead atoms. The zero-order valence-corrected chi connectivity index (χ0v) is 65.1. The van der Waals surface area contributed by atoms with Crippen molar-refractivity contribution < 1.29 is 0 Å². The first kappa shape index (κ1) is 83.4. The molecule has 0 unspecified atom stereocenters. The molecule has 6 heterocycles. The molecule has 11 nitrogen and oxygen atoms in total. The first-order chi connectivity index (χ1) is 41.3. The van der Waals surface area contributed by atoms with Gasteiger partial charge < -0.3 is 9.13 Å². The Bertz CT molecular complexity index is 2940. The molecule has 508 valence electrons. The van der Waals surface area contributed by atoms with Gasteiger partial charge in [-0.05, 0) is 144 Å². The van der Waals surface area contributed by atoms with Crippen molar-refractivity contribution >= 4 is 22.7 Å². The van der Waals surface area contributed by atoms with Crippen molar-refractivity contribution in [3.8, 4) is 0 Å². The number of pyridine rings is 2. The smallest absolute Gasteiger partial charge is 0.273 e. The third kappa shape index (κ3) is 28.2. The molecule has 13 heteroatoms. The lowest BCUT2D eigenvalue weighted by molar-refractivity contribution is 0.332. The Labute approximate surface area is 561 Å². The van der Waals surface area contributed by atoms with Gasteiger partial charge in [-0.25, -0.2) is 14.6 Å². The van der Waals surface area contributed by atoms with E-state index in [2.05, 4.69) is 210 Å². The number of rotatable bonds is 8. The van der Waals surface area contributed by atoms with Crippen LogP contribution < -0.4 is 16.7 Å². The van der Waals surface area contributed by atoms with Gasteiger partial charge in [-0.15, -0.1) is 22.7 Å². The quantitative estimate of drug-likeness (QED) is 0.147. The fourth-order valence-corrected chi connectivity index (χ4v) is 10.6. The molecule has 0 spiro atoms. The number of thiazole rings is 2. The standard InChI is InChI=1S/C13H21NO.2C12H20N2O.C12H18.C11H17N.2C9H15NS/c1-12(2,3)10-8-7-9-14(11(10)15)13(4,5)6;1-11(2,3)9-10(15)14(8-7-13-9)12(4,5)6;1-11(2,3)9-7-8-13-14(10(9)15)12(4,5)6;1-9(2)11-6-5-7-12(8-11)10(3)4;1-8(2)10-6-5-7-11(12-10)9(3)4;2*1-6(2)8-5-11-9(10-8)7(3)4/h7-9H,1-6H3;2*7-8H,1-6H3;5-10H,1-4H3;5-9H,1-4H3;2*5-7H,1-4H3. The van der Waals surface area contributed by atoms with Gasteiger partial charge in [0, 0.05) is 86.4 Å². The topological polar surface area (TPSA) is 130 Å². The molecule has 0 aliphatic heterocycles. The maximum atomic E-state index is 12.2. The summed E-state index contributed by atoms with van der Waals surface area (Å²) in [4.78, 5) is 54.4. The molecule has 0 atom stereocenters. The highest BCUT2D eigenvalue weighted by Gasteiger charge is 2.26. The summed E-state index contributed by atoms with van der Waals surface area (Å²) in [7, 11) is 0. The monoisotopic (exact) mass is 1290 g/mol. The van der Waals surface area contributed by atoms with Gasteiger partial charge >= 0.3 is 0 Å². The lowest BCUT2D eigenvalue weighted by atomic mass is 9.88. The van der Waals surface area contributed by atoms with Crippen molar-refractivity contribution in [2.75, 3.05) is 0 Å². The Hall–Kier alpha value is -5.66. The van der Waals surface area contributed by atoms with Crippen LogP contribution in [-0.2, 0) is 32.9 Å². The van der Waals surface area contributed by atoms with Gasteiger partial charge in [-0.2, -0.15) is 5.10 Å². The molecule has 0 saturated carbocycles. The number of nitrogens with zero attached hydrogens (tertiary/aromatic N) is 8. The molecule has 7 aromatic rings. The van der Waals surface area contributed by atoms with E-state index >= 15 is 0 Å². The molecule has 0 fully saturated rings. The minimum atomic E-state index is -0.266. The van der Waals surface area contributed by atoms with Crippen molar-refractivity contribution in [2.45, 2.75) is 316 Å². The SMILES string of the molecule is CC(C)(C)c1cccn(C(C)(C)C)c1=O.CC(C)(C)c1ccnn(C(C)(C)C)c1=O.CC(C)(C)c1nccn(C(C)(C)C)c1=O.CC(C)c1cccc(C(C)C)c1.CC(C)c1cccc(C(C)C)n1.CC(C)c1csc(C(C)C)n1.CC(C)c1csc(C(C)C)n1. The molecule has 0 saturated heterocycles. The summed E-state index contributed by atoms with van der Waals surface area (Å²) in [6.45, 7) is 71.5. The molecule has 0 N–H and O–H groups in total. The van der Waals surface area contributed by atoms with Gasteiger partial charge in [0.15, 0.2) is 0 Å². The van der Waals surface area contributed by atoms with Crippen LogP contribution in [0.5, 0.6) is 0 Å². The fourth-order valence-electron chi connectivity index (χ4n) is 8.56. The first-order valence-corrected chi connectivity index (χ1v) is 35.0. The summed E-state index contributed by atoms with van der Waals surface area (Å²) in [5.74, 6) is 4.64. The second-order valence-electron chi connectivity index (χ2n) is 32.4. The molecule has 91 heavy (non-hydrogen) atoms. The second-order valence-corrected chi connectivity index (χ2v) is 34.2. The summed E-state index contributed by atoms with van der Waals surface area (Å²) < 4.78 is 5.09. The third-order valence-corrected chi connectivity index (χ3v) is 16.8. The average molecular weight is 1290 g/mol. The summed E-state index contributed by atoms with van der Waals surface area (Å²) in [5.41, 5.74) is 9.17. The Kier molecular flexibility index (Phi) is 32.6. The normalized spacial score (nSPS) is 12.1. The Balaban J connectivity index is 0.000000533. The highest BCUT2D eigenvalue weighted by molar-refractivity contribution is 7.10. The van der Waals surface area contributed by atoms with Crippen molar-refractivity contribution in [2.24, 2.45) is 0 Å². The van der Waals surface area contributed by atoms with E-state index in [9.17, 15) is 14.4 Å². The molecule has 0 aliphatic carbocycles. The van der Waals surface area contributed by atoms with Gasteiger partial charge in [0.05, 0.1) is 26.9 Å². The number of hydrogen-bond acceptors (Lipinski definition) is 10. The maximum absolute atomic E-state index is 12.2. The molecular formula is C78H126N8O3S2. The molecule has 7 rings (SSSR count). The molecule has 0 aliphatic rings. The van der Waals surface area contributed by atoms with E-state index in [1.165, 1.54) is 43.9 Å². The van der Waals surface area contributed by atoms with E-state index in [4.69, 9.17) is 0 Å². The van der Waals surface area contributed by atoms with E-state index in [-0.39, 0.29) is 49.5 Å². The molecule has 6 aromatic heterocycles. The van der Waals surface area contributed by atoms with Crippen LogP contribution in [0.4, 0.5) is 0 Å². The number of aromatic nitrogens is 8. The first-order valence-electron chi connectivity index (χ1n) is 33.2. The minimum absolute atomic E-state index is 0.0116. The van der Waals surface area contributed by atoms with Crippen LogP contribution in [0.15, 0.2) is 111 Å². The van der Waals surface area contributed by atoms with E-state index < -0.39 is 0 Å². The van der Waals surface area contributed by atoms with Gasteiger partial charge in [0.25, 0.3) is 16.7 Å². The van der Waals surface area contributed by atoms with Crippen LogP contribution in [0.25, 0.3) is 0 Å². The third-order valence-electron chi connectivity index (χ3n) is 14.5. The summed E-state index contributed by atoms with van der Waals surface area (Å²) in [5, 5.41) is 11.0. The van der Waals surface area contributed by atoms with Gasteiger partial charge in [0.1, 0.15) is 5.69 Å². The summed E-state index contributed by atoms with van der Waals surface area (Å²) >= 11 is 3.55. The largest absolute Gasteiger partial charge is 0.310 e. The molecule has 0 radical (unpaired) electrons. The predicted octanol–water partition coefficient (Wildman–Crippen LogP) is 21.5. The molecule has 1 aromatic carbocycles. The van der Waals surface area contributed by atoms with Crippen LogP contribution in [0, 0.1) is 0 Å². The van der Waals surface area contributed by atoms with Crippen LogP contribution in [0.2, 0.25) is 0 Å². The zero-order chi connectivity index (χ0) is 70.7. The average Bonchev–Trinajstić information content (AvgIpc) is 1.51. The van der Waals surface area contributed by atoms with Crippen LogP contribution in [-0.4, -0.2) is 38.9 Å². The van der Waals surface area contributed by atoms with Gasteiger partial charge in [-0.1, -0.05) is 209 Å². The van der Waals surface area contributed by atoms with E-state index in [0.717, 1.165) is 11.1 Å². The highest BCUT2D eigenvalue weighted by Crippen LogP contribution is 2.27. The lowest BCUT2D eigenvalue weighted by Gasteiger charge is -2.26. The van der Waals surface area contributed by atoms with Crippen LogP contribution in [0.3, 0.4) is 0 Å². The fraction of sp³-hybridized carbons (Fsp3) is 0.615. The molecule has 0 amide bonds. The van der Waals surface area contributed by atoms with Crippen molar-refractivity contribution in [3.63, 3.8) is 0 Å². The zero-order valence-electron chi connectivity index (χ0n) is 63.5.